The maximum Gasteiger partial charge on any atom is 0.255 e. The van der Waals surface area contributed by atoms with E-state index in [0.717, 1.165) is 24.9 Å². The lowest BCUT2D eigenvalue weighted by atomic mass is 10.1. The Labute approximate surface area is 134 Å². The largest absolute Gasteiger partial charge is 0.341 e. The maximum atomic E-state index is 12.4. The van der Waals surface area contributed by atoms with Gasteiger partial charge in [-0.15, -0.1) is 0 Å². The van der Waals surface area contributed by atoms with Gasteiger partial charge in [0.25, 0.3) is 5.56 Å². The Balaban J connectivity index is 1.99. The molecule has 1 aliphatic rings. The number of hydrogen-bond donors (Lipinski definition) is 1. The minimum absolute atomic E-state index is 0.0979. The summed E-state index contributed by atoms with van der Waals surface area (Å²) in [7, 11) is 0. The molecule has 1 fully saturated rings. The molecule has 3 rings (SSSR count). The maximum absolute atomic E-state index is 12.4. The topological polar surface area (TPSA) is 87.9 Å². The van der Waals surface area contributed by atoms with Crippen LogP contribution in [0.25, 0.3) is 0 Å². The van der Waals surface area contributed by atoms with Crippen LogP contribution >= 0.6 is 0 Å². The third-order valence-electron chi connectivity index (χ3n) is 4.12. The van der Waals surface area contributed by atoms with E-state index >= 15 is 0 Å². The molecule has 1 aromatic heterocycles. The fourth-order valence-corrected chi connectivity index (χ4v) is 2.96. The van der Waals surface area contributed by atoms with Gasteiger partial charge in [-0.3, -0.25) is 9.36 Å². The Morgan fingerprint density at radius 3 is 2.96 bits per heavy atom. The second-order valence-corrected chi connectivity index (χ2v) is 5.79. The quantitative estimate of drug-likeness (QED) is 0.917. The van der Waals surface area contributed by atoms with Crippen LogP contribution in [-0.4, -0.2) is 28.7 Å². The third-order valence-corrected chi connectivity index (χ3v) is 4.12. The van der Waals surface area contributed by atoms with Gasteiger partial charge in [0.1, 0.15) is 0 Å². The smallest absolute Gasteiger partial charge is 0.255 e. The number of rotatable bonds is 3. The molecule has 2 aromatic rings. The van der Waals surface area contributed by atoms with Crippen LogP contribution in [0.5, 0.6) is 0 Å². The molecule has 0 bridgehead atoms. The van der Waals surface area contributed by atoms with Crippen LogP contribution in [0.15, 0.2) is 41.3 Å². The summed E-state index contributed by atoms with van der Waals surface area (Å²) in [6.45, 7) is 1.86. The molecule has 0 radical (unpaired) electrons. The average molecular weight is 309 g/mol. The Hall–Kier alpha value is -2.65. The van der Waals surface area contributed by atoms with Crippen LogP contribution in [0.3, 0.4) is 0 Å². The lowest BCUT2D eigenvalue weighted by Crippen LogP contribution is -2.45. The summed E-state index contributed by atoms with van der Waals surface area (Å²) < 4.78 is 1.62. The summed E-state index contributed by atoms with van der Waals surface area (Å²) in [6, 6.07) is 11.0. The summed E-state index contributed by atoms with van der Waals surface area (Å²) in [5, 5.41) is 9.24. The van der Waals surface area contributed by atoms with Crippen LogP contribution in [0.4, 0.5) is 5.95 Å². The zero-order chi connectivity index (χ0) is 16.2. The molecule has 1 unspecified atom stereocenters. The third kappa shape index (κ3) is 3.25. The first-order valence-electron chi connectivity index (χ1n) is 7.73. The number of piperidine rings is 1. The highest BCUT2D eigenvalue weighted by Gasteiger charge is 2.21. The number of nitrogens with two attached hydrogens (primary N) is 1. The number of nitriles is 1. The molecule has 1 atom stereocenters. The number of nitrogens with zero attached hydrogens (tertiary/aromatic N) is 4. The van der Waals surface area contributed by atoms with Crippen molar-refractivity contribution in [3.05, 3.63) is 58.0 Å². The van der Waals surface area contributed by atoms with E-state index in [1.807, 2.05) is 18.2 Å². The molecular formula is C17H19N5O. The summed E-state index contributed by atoms with van der Waals surface area (Å²) in [4.78, 5) is 18.8. The number of aromatic nitrogens is 2. The van der Waals surface area contributed by atoms with Crippen LogP contribution in [0, 0.1) is 11.3 Å². The summed E-state index contributed by atoms with van der Waals surface area (Å²) in [6.07, 6.45) is 3.51. The molecule has 2 heterocycles. The molecule has 0 spiro atoms. The lowest BCUT2D eigenvalue weighted by molar-refractivity contribution is 0.491. The van der Waals surface area contributed by atoms with Gasteiger partial charge in [0.15, 0.2) is 0 Å². The highest BCUT2D eigenvalue weighted by Crippen LogP contribution is 2.18. The number of anilines is 1. The summed E-state index contributed by atoms with van der Waals surface area (Å²) in [5.74, 6) is 0.625. The van der Waals surface area contributed by atoms with E-state index < -0.39 is 0 Å². The Morgan fingerprint density at radius 2 is 2.17 bits per heavy atom. The van der Waals surface area contributed by atoms with Gasteiger partial charge in [0, 0.05) is 31.4 Å². The van der Waals surface area contributed by atoms with Gasteiger partial charge in [-0.2, -0.15) is 5.26 Å². The van der Waals surface area contributed by atoms with Crippen molar-refractivity contribution in [1.29, 1.82) is 5.26 Å². The molecule has 6 nitrogen and oxygen atoms in total. The highest BCUT2D eigenvalue weighted by molar-refractivity contribution is 5.39. The Morgan fingerprint density at radius 1 is 1.35 bits per heavy atom. The zero-order valence-electron chi connectivity index (χ0n) is 12.9. The first-order valence-corrected chi connectivity index (χ1v) is 7.73. The van der Waals surface area contributed by atoms with E-state index in [1.165, 1.54) is 12.3 Å². The van der Waals surface area contributed by atoms with Gasteiger partial charge in [-0.1, -0.05) is 18.2 Å². The minimum Gasteiger partial charge on any atom is -0.341 e. The van der Waals surface area contributed by atoms with Gasteiger partial charge >= 0.3 is 0 Å². The van der Waals surface area contributed by atoms with Gasteiger partial charge in [0.05, 0.1) is 18.2 Å². The predicted molar refractivity (Wildman–Crippen MR) is 88.2 cm³/mol. The minimum atomic E-state index is -0.123. The van der Waals surface area contributed by atoms with Crippen molar-refractivity contribution in [3.8, 4) is 6.07 Å². The van der Waals surface area contributed by atoms with E-state index in [-0.39, 0.29) is 11.6 Å². The summed E-state index contributed by atoms with van der Waals surface area (Å²) in [5.41, 5.74) is 7.31. The molecule has 1 aliphatic heterocycles. The molecule has 23 heavy (non-hydrogen) atoms. The molecule has 0 saturated carbocycles. The standard InChI is InChI=1S/C17H19N5O/c18-10-13-4-1-2-5-14(13)11-22-16(23)7-8-20-17(22)21-9-3-6-15(19)12-21/h1-2,4-5,7-8,15H,3,6,9,11-12,19H2. The fourth-order valence-electron chi connectivity index (χ4n) is 2.96. The van der Waals surface area contributed by atoms with E-state index in [1.54, 1.807) is 10.6 Å². The predicted octanol–water partition coefficient (Wildman–Crippen LogP) is 1.09. The fraction of sp³-hybridized carbons (Fsp3) is 0.353. The molecule has 6 heteroatoms. The van der Waals surface area contributed by atoms with Gasteiger partial charge in [-0.25, -0.2) is 4.98 Å². The van der Waals surface area contributed by atoms with Crippen molar-refractivity contribution in [1.82, 2.24) is 9.55 Å². The van der Waals surface area contributed by atoms with Crippen LogP contribution in [-0.2, 0) is 6.54 Å². The normalized spacial score (nSPS) is 17.7. The number of hydrogen-bond acceptors (Lipinski definition) is 5. The SMILES string of the molecule is N#Cc1ccccc1Cn1c(N2CCCC(N)C2)nccc1=O. The highest BCUT2D eigenvalue weighted by atomic mass is 16.1. The first kappa shape index (κ1) is 15.3. The molecule has 1 aromatic carbocycles. The number of benzene rings is 1. The van der Waals surface area contributed by atoms with Crippen molar-refractivity contribution in [3.63, 3.8) is 0 Å². The van der Waals surface area contributed by atoms with Gasteiger partial charge in [0.2, 0.25) is 5.95 Å². The van der Waals surface area contributed by atoms with Crippen molar-refractivity contribution in [2.75, 3.05) is 18.0 Å². The van der Waals surface area contributed by atoms with Crippen LogP contribution in [0.1, 0.15) is 24.0 Å². The lowest BCUT2D eigenvalue weighted by Gasteiger charge is -2.32. The zero-order valence-corrected chi connectivity index (χ0v) is 12.9. The van der Waals surface area contributed by atoms with E-state index in [0.29, 0.717) is 24.6 Å². The van der Waals surface area contributed by atoms with Crippen LogP contribution in [0.2, 0.25) is 0 Å². The second-order valence-electron chi connectivity index (χ2n) is 5.79. The summed E-state index contributed by atoms with van der Waals surface area (Å²) >= 11 is 0. The molecule has 2 N–H and O–H groups in total. The van der Waals surface area contributed by atoms with E-state index in [4.69, 9.17) is 5.73 Å². The Kier molecular flexibility index (Phi) is 4.40. The Bertz CT molecular complexity index is 792. The van der Waals surface area contributed by atoms with Gasteiger partial charge < -0.3 is 10.6 Å². The van der Waals surface area contributed by atoms with Gasteiger partial charge in [-0.05, 0) is 24.5 Å². The molecule has 1 saturated heterocycles. The molecular weight excluding hydrogens is 290 g/mol. The molecule has 0 aliphatic carbocycles. The monoisotopic (exact) mass is 309 g/mol. The second kappa shape index (κ2) is 6.63. The molecule has 118 valence electrons. The molecule has 0 amide bonds. The van der Waals surface area contributed by atoms with E-state index in [2.05, 4.69) is 16.0 Å². The first-order chi connectivity index (χ1) is 11.2. The van der Waals surface area contributed by atoms with Crippen molar-refractivity contribution >= 4 is 5.95 Å². The van der Waals surface area contributed by atoms with Crippen LogP contribution < -0.4 is 16.2 Å². The van der Waals surface area contributed by atoms with Crippen molar-refractivity contribution in [2.24, 2.45) is 5.73 Å². The van der Waals surface area contributed by atoms with Crippen molar-refractivity contribution < 1.29 is 0 Å². The van der Waals surface area contributed by atoms with E-state index in [9.17, 15) is 10.1 Å². The average Bonchev–Trinajstić information content (AvgIpc) is 2.57. The van der Waals surface area contributed by atoms with Crippen molar-refractivity contribution in [2.45, 2.75) is 25.4 Å².